The maximum absolute atomic E-state index is 8.52. The normalized spacial score (nSPS) is 11.0. The standard InChI is InChI=1S/C19H16N4OS/c1-14(15-7-9-17(10-8-15)24-12-11-20)22-23-19-21-18(13-25-19)16-5-3-2-4-6-16/h2-10,13H,12H2,1H3,(H,21,23)/b22-14-. The third kappa shape index (κ3) is 4.43. The monoisotopic (exact) mass is 348 g/mol. The first-order valence-electron chi connectivity index (χ1n) is 7.67. The number of nitrogens with one attached hydrogen (secondary N) is 1. The lowest BCUT2D eigenvalue weighted by Crippen LogP contribution is -2.00. The Hall–Kier alpha value is -3.17. The van der Waals surface area contributed by atoms with E-state index >= 15 is 0 Å². The number of hydrazone groups is 1. The Bertz CT molecular complexity index is 895. The van der Waals surface area contributed by atoms with Gasteiger partial charge >= 0.3 is 0 Å². The molecule has 6 heteroatoms. The van der Waals surface area contributed by atoms with Crippen LogP contribution in [0.15, 0.2) is 65.1 Å². The summed E-state index contributed by atoms with van der Waals surface area (Å²) in [5.74, 6) is 0.665. The number of rotatable bonds is 6. The molecule has 0 aliphatic rings. The van der Waals surface area contributed by atoms with Gasteiger partial charge in [-0.2, -0.15) is 10.4 Å². The average Bonchev–Trinajstić information content (AvgIpc) is 3.14. The van der Waals surface area contributed by atoms with Crippen molar-refractivity contribution in [1.29, 1.82) is 5.26 Å². The number of nitriles is 1. The van der Waals surface area contributed by atoms with Gasteiger partial charge in [0.15, 0.2) is 6.61 Å². The summed E-state index contributed by atoms with van der Waals surface area (Å²) in [4.78, 5) is 4.54. The summed E-state index contributed by atoms with van der Waals surface area (Å²) in [5, 5.41) is 15.6. The van der Waals surface area contributed by atoms with Gasteiger partial charge in [-0.25, -0.2) is 4.98 Å². The lowest BCUT2D eigenvalue weighted by atomic mass is 10.1. The molecule has 0 aliphatic heterocycles. The number of nitrogens with zero attached hydrogens (tertiary/aromatic N) is 3. The first kappa shape index (κ1) is 16.7. The molecule has 0 atom stereocenters. The van der Waals surface area contributed by atoms with E-state index in [4.69, 9.17) is 10.00 Å². The molecule has 0 saturated heterocycles. The van der Waals surface area contributed by atoms with E-state index in [1.54, 1.807) is 0 Å². The molecule has 1 aromatic heterocycles. The zero-order chi connectivity index (χ0) is 17.5. The van der Waals surface area contributed by atoms with E-state index in [1.165, 1.54) is 11.3 Å². The Labute approximate surface area is 150 Å². The predicted octanol–water partition coefficient (Wildman–Crippen LogP) is 4.55. The van der Waals surface area contributed by atoms with Crippen LogP contribution >= 0.6 is 11.3 Å². The Morgan fingerprint density at radius 1 is 1.20 bits per heavy atom. The molecule has 1 heterocycles. The van der Waals surface area contributed by atoms with Crippen molar-refractivity contribution >= 4 is 22.2 Å². The molecule has 0 spiro atoms. The van der Waals surface area contributed by atoms with Crippen molar-refractivity contribution < 1.29 is 4.74 Å². The van der Waals surface area contributed by atoms with E-state index in [0.717, 1.165) is 27.7 Å². The highest BCUT2D eigenvalue weighted by Gasteiger charge is 2.04. The largest absolute Gasteiger partial charge is 0.479 e. The van der Waals surface area contributed by atoms with Gasteiger partial charge in [0, 0.05) is 10.9 Å². The van der Waals surface area contributed by atoms with Crippen LogP contribution in [0.2, 0.25) is 0 Å². The van der Waals surface area contributed by atoms with Crippen molar-refractivity contribution in [3.05, 3.63) is 65.5 Å². The van der Waals surface area contributed by atoms with E-state index in [1.807, 2.05) is 73.0 Å². The molecular formula is C19H16N4OS. The topological polar surface area (TPSA) is 70.3 Å². The van der Waals surface area contributed by atoms with Crippen molar-refractivity contribution in [3.63, 3.8) is 0 Å². The summed E-state index contributed by atoms with van der Waals surface area (Å²) in [7, 11) is 0. The van der Waals surface area contributed by atoms with Crippen molar-refractivity contribution in [2.75, 3.05) is 12.0 Å². The molecular weight excluding hydrogens is 332 g/mol. The van der Waals surface area contributed by atoms with E-state index in [0.29, 0.717) is 5.75 Å². The first-order chi connectivity index (χ1) is 12.3. The molecule has 0 bridgehead atoms. The SMILES string of the molecule is C/C(=N/Nc1nc(-c2ccccc2)cs1)c1ccc(OCC#N)cc1. The van der Waals surface area contributed by atoms with Crippen LogP contribution in [0, 0.1) is 11.3 Å². The third-order valence-corrected chi connectivity index (χ3v) is 4.22. The van der Waals surface area contributed by atoms with E-state index in [2.05, 4.69) is 15.5 Å². The fraction of sp³-hybridized carbons (Fsp3) is 0.105. The van der Waals surface area contributed by atoms with Crippen molar-refractivity contribution in [2.45, 2.75) is 6.92 Å². The van der Waals surface area contributed by atoms with Crippen LogP contribution in [-0.4, -0.2) is 17.3 Å². The fourth-order valence-corrected chi connectivity index (χ4v) is 2.83. The highest BCUT2D eigenvalue weighted by atomic mass is 32.1. The molecule has 5 nitrogen and oxygen atoms in total. The summed E-state index contributed by atoms with van der Waals surface area (Å²) in [5.41, 5.74) is 6.82. The van der Waals surface area contributed by atoms with Gasteiger partial charge in [0.25, 0.3) is 0 Å². The van der Waals surface area contributed by atoms with Gasteiger partial charge < -0.3 is 4.74 Å². The lowest BCUT2D eigenvalue weighted by molar-refractivity contribution is 0.368. The van der Waals surface area contributed by atoms with Crippen molar-refractivity contribution in [1.82, 2.24) is 4.98 Å². The maximum atomic E-state index is 8.52. The highest BCUT2D eigenvalue weighted by Crippen LogP contribution is 2.24. The number of benzene rings is 2. The minimum atomic E-state index is 0.0434. The molecule has 3 rings (SSSR count). The minimum Gasteiger partial charge on any atom is -0.479 e. The quantitative estimate of drug-likeness (QED) is 0.524. The summed E-state index contributed by atoms with van der Waals surface area (Å²) in [6.45, 7) is 1.96. The van der Waals surface area contributed by atoms with Crippen LogP contribution in [0.3, 0.4) is 0 Å². The van der Waals surface area contributed by atoms with Gasteiger partial charge in [0.05, 0.1) is 11.4 Å². The summed E-state index contributed by atoms with van der Waals surface area (Å²) >= 11 is 1.51. The van der Waals surface area contributed by atoms with E-state index < -0.39 is 0 Å². The van der Waals surface area contributed by atoms with Gasteiger partial charge in [0.1, 0.15) is 11.8 Å². The molecule has 0 amide bonds. The number of hydrogen-bond acceptors (Lipinski definition) is 6. The molecule has 2 aromatic carbocycles. The van der Waals surface area contributed by atoms with Gasteiger partial charge in [-0.1, -0.05) is 30.3 Å². The molecule has 3 aromatic rings. The van der Waals surface area contributed by atoms with E-state index in [9.17, 15) is 0 Å². The number of aromatic nitrogens is 1. The number of ether oxygens (including phenoxy) is 1. The molecule has 0 saturated carbocycles. The van der Waals surface area contributed by atoms with E-state index in [-0.39, 0.29) is 6.61 Å². The minimum absolute atomic E-state index is 0.0434. The second kappa shape index (κ2) is 8.08. The van der Waals surface area contributed by atoms with Gasteiger partial charge in [-0.15, -0.1) is 11.3 Å². The fourth-order valence-electron chi connectivity index (χ4n) is 2.17. The molecule has 25 heavy (non-hydrogen) atoms. The average molecular weight is 348 g/mol. The first-order valence-corrected chi connectivity index (χ1v) is 8.55. The predicted molar refractivity (Wildman–Crippen MR) is 101 cm³/mol. The summed E-state index contributed by atoms with van der Waals surface area (Å²) < 4.78 is 5.24. The summed E-state index contributed by atoms with van der Waals surface area (Å²) in [6, 6.07) is 19.4. The molecule has 0 fully saturated rings. The van der Waals surface area contributed by atoms with Crippen molar-refractivity contribution in [3.8, 4) is 23.1 Å². The Kier molecular flexibility index (Phi) is 5.39. The molecule has 0 radical (unpaired) electrons. The smallest absolute Gasteiger partial charge is 0.203 e. The summed E-state index contributed by atoms with van der Waals surface area (Å²) in [6.07, 6.45) is 0. The van der Waals surface area contributed by atoms with Crippen LogP contribution in [-0.2, 0) is 0 Å². The second-order valence-corrected chi connectivity index (χ2v) is 6.04. The Morgan fingerprint density at radius 3 is 2.68 bits per heavy atom. The Morgan fingerprint density at radius 2 is 1.96 bits per heavy atom. The van der Waals surface area contributed by atoms with Gasteiger partial charge in [-0.3, -0.25) is 5.43 Å². The second-order valence-electron chi connectivity index (χ2n) is 5.18. The third-order valence-electron chi connectivity index (χ3n) is 3.47. The zero-order valence-corrected chi connectivity index (χ0v) is 14.5. The van der Waals surface area contributed by atoms with Crippen molar-refractivity contribution in [2.24, 2.45) is 5.10 Å². The van der Waals surface area contributed by atoms with Crippen LogP contribution in [0.4, 0.5) is 5.13 Å². The van der Waals surface area contributed by atoms with Gasteiger partial charge in [0.2, 0.25) is 5.13 Å². The number of anilines is 1. The van der Waals surface area contributed by atoms with Crippen LogP contribution in [0.1, 0.15) is 12.5 Å². The maximum Gasteiger partial charge on any atom is 0.203 e. The zero-order valence-electron chi connectivity index (χ0n) is 13.6. The molecule has 124 valence electrons. The molecule has 1 N–H and O–H groups in total. The number of thiazole rings is 1. The van der Waals surface area contributed by atoms with Gasteiger partial charge in [-0.05, 0) is 36.8 Å². The van der Waals surface area contributed by atoms with Crippen LogP contribution in [0.25, 0.3) is 11.3 Å². The lowest BCUT2D eigenvalue weighted by Gasteiger charge is -2.04. The molecule has 0 unspecified atom stereocenters. The van der Waals surface area contributed by atoms with Crippen LogP contribution < -0.4 is 10.2 Å². The Balaban J connectivity index is 1.65. The molecule has 0 aliphatic carbocycles. The number of hydrogen-bond donors (Lipinski definition) is 1. The highest BCUT2D eigenvalue weighted by molar-refractivity contribution is 7.14. The van der Waals surface area contributed by atoms with Crippen LogP contribution in [0.5, 0.6) is 5.75 Å².